The van der Waals surface area contributed by atoms with Gasteiger partial charge in [0, 0.05) is 6.04 Å². The third kappa shape index (κ3) is 3.61. The molecule has 0 saturated carbocycles. The minimum atomic E-state index is 0.168. The maximum absolute atomic E-state index is 5.79. The summed E-state index contributed by atoms with van der Waals surface area (Å²) in [6, 6.07) is 18.0. The summed E-state index contributed by atoms with van der Waals surface area (Å²) in [6.45, 7) is 2.00. The Kier molecular flexibility index (Phi) is 3.78. The first-order valence-electron chi connectivity index (χ1n) is 5.81. The van der Waals surface area contributed by atoms with E-state index < -0.39 is 0 Å². The average Bonchev–Trinajstić information content (AvgIpc) is 2.30. The highest BCUT2D eigenvalue weighted by Crippen LogP contribution is 2.22. The zero-order valence-electron chi connectivity index (χ0n) is 9.97. The second-order valence-electron chi connectivity index (χ2n) is 4.24. The fraction of sp³-hybridized carbons (Fsp3) is 0.200. The lowest BCUT2D eigenvalue weighted by Gasteiger charge is -2.09. The molecule has 0 heterocycles. The Hall–Kier alpha value is -1.80. The second-order valence-corrected chi connectivity index (χ2v) is 4.24. The Labute approximate surface area is 102 Å². The van der Waals surface area contributed by atoms with Gasteiger partial charge >= 0.3 is 0 Å². The molecule has 0 bridgehead atoms. The first-order chi connectivity index (χ1) is 8.24. The monoisotopic (exact) mass is 227 g/mol. The predicted molar refractivity (Wildman–Crippen MR) is 70.3 cm³/mol. The van der Waals surface area contributed by atoms with Gasteiger partial charge in [-0.15, -0.1) is 0 Å². The van der Waals surface area contributed by atoms with Crippen LogP contribution in [-0.2, 0) is 6.42 Å². The molecule has 2 aromatic carbocycles. The summed E-state index contributed by atoms with van der Waals surface area (Å²) >= 11 is 0. The van der Waals surface area contributed by atoms with Gasteiger partial charge in [-0.1, -0.05) is 30.3 Å². The summed E-state index contributed by atoms with van der Waals surface area (Å²) in [5, 5.41) is 0. The SMILES string of the molecule is CC(N)Cc1cccc(Oc2ccccc2)c1. The lowest BCUT2D eigenvalue weighted by molar-refractivity contribution is 0.481. The molecule has 0 amide bonds. The van der Waals surface area contributed by atoms with Gasteiger partial charge in [0.1, 0.15) is 11.5 Å². The van der Waals surface area contributed by atoms with Crippen LogP contribution in [0, 0.1) is 0 Å². The number of rotatable bonds is 4. The zero-order chi connectivity index (χ0) is 12.1. The van der Waals surface area contributed by atoms with Gasteiger partial charge in [0.2, 0.25) is 0 Å². The molecular weight excluding hydrogens is 210 g/mol. The lowest BCUT2D eigenvalue weighted by atomic mass is 10.1. The van der Waals surface area contributed by atoms with Crippen LogP contribution in [0.15, 0.2) is 54.6 Å². The highest BCUT2D eigenvalue weighted by atomic mass is 16.5. The molecule has 0 aliphatic heterocycles. The van der Waals surface area contributed by atoms with E-state index in [1.807, 2.05) is 55.5 Å². The summed E-state index contributed by atoms with van der Waals surface area (Å²) in [6.07, 6.45) is 0.867. The molecule has 0 radical (unpaired) electrons. The molecule has 0 fully saturated rings. The molecule has 17 heavy (non-hydrogen) atoms. The van der Waals surface area contributed by atoms with Crippen LogP contribution in [0.4, 0.5) is 0 Å². The van der Waals surface area contributed by atoms with E-state index in [9.17, 15) is 0 Å². The zero-order valence-corrected chi connectivity index (χ0v) is 9.97. The minimum absolute atomic E-state index is 0.168. The molecule has 0 spiro atoms. The predicted octanol–water partition coefficient (Wildman–Crippen LogP) is 3.37. The Morgan fingerprint density at radius 2 is 1.71 bits per heavy atom. The van der Waals surface area contributed by atoms with Crippen LogP contribution in [0.25, 0.3) is 0 Å². The van der Waals surface area contributed by atoms with Crippen molar-refractivity contribution in [3.63, 3.8) is 0 Å². The first-order valence-corrected chi connectivity index (χ1v) is 5.81. The Bertz CT molecular complexity index is 465. The van der Waals surface area contributed by atoms with Crippen molar-refractivity contribution in [2.45, 2.75) is 19.4 Å². The van der Waals surface area contributed by atoms with E-state index in [4.69, 9.17) is 10.5 Å². The summed E-state index contributed by atoms with van der Waals surface area (Å²) in [5.41, 5.74) is 6.99. The highest BCUT2D eigenvalue weighted by Gasteiger charge is 2.01. The number of nitrogens with two attached hydrogens (primary N) is 1. The van der Waals surface area contributed by atoms with E-state index in [1.165, 1.54) is 5.56 Å². The quantitative estimate of drug-likeness (QED) is 0.869. The van der Waals surface area contributed by atoms with Crippen molar-refractivity contribution in [2.75, 3.05) is 0 Å². The van der Waals surface area contributed by atoms with Crippen molar-refractivity contribution < 1.29 is 4.74 Å². The molecule has 0 aromatic heterocycles. The minimum Gasteiger partial charge on any atom is -0.457 e. The molecule has 2 nitrogen and oxygen atoms in total. The van der Waals surface area contributed by atoms with Gasteiger partial charge in [0.15, 0.2) is 0 Å². The molecule has 2 heteroatoms. The summed E-state index contributed by atoms with van der Waals surface area (Å²) in [7, 11) is 0. The standard InChI is InChI=1S/C15H17NO/c1-12(16)10-13-6-5-9-15(11-13)17-14-7-3-2-4-8-14/h2-9,11-12H,10,16H2,1H3. The van der Waals surface area contributed by atoms with Crippen molar-refractivity contribution in [3.05, 3.63) is 60.2 Å². The average molecular weight is 227 g/mol. The van der Waals surface area contributed by atoms with Gasteiger partial charge in [0.05, 0.1) is 0 Å². The summed E-state index contributed by atoms with van der Waals surface area (Å²) < 4.78 is 5.76. The number of para-hydroxylation sites is 1. The van der Waals surface area contributed by atoms with Gasteiger partial charge in [0.25, 0.3) is 0 Å². The smallest absolute Gasteiger partial charge is 0.127 e. The summed E-state index contributed by atoms with van der Waals surface area (Å²) in [5.74, 6) is 1.71. The maximum atomic E-state index is 5.79. The van der Waals surface area contributed by atoms with Gasteiger partial charge in [-0.25, -0.2) is 0 Å². The molecule has 2 rings (SSSR count). The van der Waals surface area contributed by atoms with Crippen LogP contribution < -0.4 is 10.5 Å². The molecule has 1 unspecified atom stereocenters. The molecule has 0 aliphatic carbocycles. The fourth-order valence-corrected chi connectivity index (χ4v) is 1.73. The van der Waals surface area contributed by atoms with Crippen molar-refractivity contribution in [1.82, 2.24) is 0 Å². The van der Waals surface area contributed by atoms with Crippen LogP contribution in [0.2, 0.25) is 0 Å². The Morgan fingerprint density at radius 1 is 1.00 bits per heavy atom. The third-order valence-corrected chi connectivity index (χ3v) is 2.44. The van der Waals surface area contributed by atoms with Crippen LogP contribution in [0.1, 0.15) is 12.5 Å². The topological polar surface area (TPSA) is 35.2 Å². The van der Waals surface area contributed by atoms with Crippen molar-refractivity contribution >= 4 is 0 Å². The number of ether oxygens (including phenoxy) is 1. The number of hydrogen-bond donors (Lipinski definition) is 1. The number of benzene rings is 2. The highest BCUT2D eigenvalue weighted by molar-refractivity contribution is 5.34. The van der Waals surface area contributed by atoms with Gasteiger partial charge in [-0.05, 0) is 43.2 Å². The van der Waals surface area contributed by atoms with Crippen LogP contribution in [-0.4, -0.2) is 6.04 Å². The lowest BCUT2D eigenvalue weighted by Crippen LogP contribution is -2.17. The summed E-state index contributed by atoms with van der Waals surface area (Å²) in [4.78, 5) is 0. The van der Waals surface area contributed by atoms with E-state index in [0.717, 1.165) is 17.9 Å². The molecule has 2 aromatic rings. The molecule has 1 atom stereocenters. The molecule has 0 aliphatic rings. The van der Waals surface area contributed by atoms with Gasteiger partial charge < -0.3 is 10.5 Å². The molecular formula is C15H17NO. The molecule has 0 saturated heterocycles. The van der Waals surface area contributed by atoms with E-state index in [-0.39, 0.29) is 6.04 Å². The van der Waals surface area contributed by atoms with Crippen LogP contribution >= 0.6 is 0 Å². The Morgan fingerprint density at radius 3 is 2.41 bits per heavy atom. The van der Waals surface area contributed by atoms with Crippen molar-refractivity contribution in [1.29, 1.82) is 0 Å². The molecule has 88 valence electrons. The van der Waals surface area contributed by atoms with Crippen LogP contribution in [0.3, 0.4) is 0 Å². The van der Waals surface area contributed by atoms with E-state index in [0.29, 0.717) is 0 Å². The van der Waals surface area contributed by atoms with Crippen molar-refractivity contribution in [2.24, 2.45) is 5.73 Å². The third-order valence-electron chi connectivity index (χ3n) is 2.44. The maximum Gasteiger partial charge on any atom is 0.127 e. The first kappa shape index (κ1) is 11.7. The van der Waals surface area contributed by atoms with E-state index >= 15 is 0 Å². The van der Waals surface area contributed by atoms with E-state index in [1.54, 1.807) is 0 Å². The van der Waals surface area contributed by atoms with E-state index in [2.05, 4.69) is 6.07 Å². The molecule has 2 N–H and O–H groups in total. The Balaban J connectivity index is 2.11. The largest absolute Gasteiger partial charge is 0.457 e. The van der Waals surface area contributed by atoms with Gasteiger partial charge in [-0.3, -0.25) is 0 Å². The second kappa shape index (κ2) is 5.51. The fourth-order valence-electron chi connectivity index (χ4n) is 1.73. The van der Waals surface area contributed by atoms with Crippen molar-refractivity contribution in [3.8, 4) is 11.5 Å². The number of hydrogen-bond acceptors (Lipinski definition) is 2. The van der Waals surface area contributed by atoms with Gasteiger partial charge in [-0.2, -0.15) is 0 Å². The van der Waals surface area contributed by atoms with Crippen LogP contribution in [0.5, 0.6) is 11.5 Å². The normalized spacial score (nSPS) is 12.1.